The average molecular weight is 298 g/mol. The van der Waals surface area contributed by atoms with Crippen molar-refractivity contribution in [3.05, 3.63) is 71.0 Å². The van der Waals surface area contributed by atoms with Crippen LogP contribution in [0.5, 0.6) is 0 Å². The summed E-state index contributed by atoms with van der Waals surface area (Å²) in [4.78, 5) is 0. The van der Waals surface area contributed by atoms with Crippen LogP contribution in [0.2, 0.25) is 0 Å². The van der Waals surface area contributed by atoms with Gasteiger partial charge in [0.15, 0.2) is 0 Å². The Morgan fingerprint density at radius 1 is 1.05 bits per heavy atom. The minimum absolute atomic E-state index is 0.226. The molecule has 0 fully saturated rings. The van der Waals surface area contributed by atoms with Gasteiger partial charge in [0, 0.05) is 0 Å². The van der Waals surface area contributed by atoms with Crippen molar-refractivity contribution < 1.29 is 17.6 Å². The van der Waals surface area contributed by atoms with Crippen LogP contribution in [0.15, 0.2) is 48.5 Å². The molecule has 3 N–H and O–H groups in total. The Morgan fingerprint density at radius 2 is 1.76 bits per heavy atom. The maximum absolute atomic E-state index is 13.2. The lowest BCUT2D eigenvalue weighted by Gasteiger charge is -2.17. The van der Waals surface area contributed by atoms with Crippen LogP contribution in [0.25, 0.3) is 0 Å². The second kappa shape index (κ2) is 6.24. The number of hydrazine groups is 1. The SMILES string of the molecule is NNC(Cc1cccc(C(F)(F)F)c1)c1cccc(F)c1. The van der Waals surface area contributed by atoms with Gasteiger partial charge in [-0.05, 0) is 35.7 Å². The van der Waals surface area contributed by atoms with Gasteiger partial charge in [0.2, 0.25) is 0 Å². The van der Waals surface area contributed by atoms with Crippen molar-refractivity contribution in [2.24, 2.45) is 5.84 Å². The maximum atomic E-state index is 13.2. The molecule has 2 nitrogen and oxygen atoms in total. The molecule has 0 aliphatic heterocycles. The van der Waals surface area contributed by atoms with Gasteiger partial charge < -0.3 is 0 Å². The Balaban J connectivity index is 2.23. The van der Waals surface area contributed by atoms with Crippen molar-refractivity contribution in [3.8, 4) is 0 Å². The summed E-state index contributed by atoms with van der Waals surface area (Å²) in [5.41, 5.74) is 2.84. The summed E-state index contributed by atoms with van der Waals surface area (Å²) in [6.07, 6.45) is -4.16. The molecule has 0 aliphatic carbocycles. The molecule has 0 amide bonds. The highest BCUT2D eigenvalue weighted by Crippen LogP contribution is 2.30. The average Bonchev–Trinajstić information content (AvgIpc) is 2.44. The first-order valence-corrected chi connectivity index (χ1v) is 6.28. The topological polar surface area (TPSA) is 38.0 Å². The molecule has 0 saturated heterocycles. The van der Waals surface area contributed by atoms with Crippen molar-refractivity contribution in [3.63, 3.8) is 0 Å². The van der Waals surface area contributed by atoms with Crippen LogP contribution in [-0.2, 0) is 12.6 Å². The zero-order valence-corrected chi connectivity index (χ0v) is 11.0. The van der Waals surface area contributed by atoms with Crippen LogP contribution in [0, 0.1) is 5.82 Å². The lowest BCUT2D eigenvalue weighted by Crippen LogP contribution is -2.29. The quantitative estimate of drug-likeness (QED) is 0.514. The molecule has 0 heterocycles. The summed E-state index contributed by atoms with van der Waals surface area (Å²) < 4.78 is 51.2. The molecule has 0 radical (unpaired) electrons. The number of benzene rings is 2. The third-order valence-corrected chi connectivity index (χ3v) is 3.15. The monoisotopic (exact) mass is 298 g/mol. The number of halogens is 4. The number of nitrogens with two attached hydrogens (primary N) is 1. The number of nitrogens with one attached hydrogen (secondary N) is 1. The molecule has 1 atom stereocenters. The van der Waals surface area contributed by atoms with Crippen LogP contribution in [-0.4, -0.2) is 0 Å². The van der Waals surface area contributed by atoms with Gasteiger partial charge in [0.25, 0.3) is 0 Å². The molecule has 0 bridgehead atoms. The Bertz CT molecular complexity index is 611. The van der Waals surface area contributed by atoms with E-state index in [-0.39, 0.29) is 6.42 Å². The third kappa shape index (κ3) is 4.03. The number of hydrogen-bond donors (Lipinski definition) is 2. The van der Waals surface area contributed by atoms with E-state index in [4.69, 9.17) is 5.84 Å². The molecule has 0 aliphatic rings. The van der Waals surface area contributed by atoms with E-state index in [2.05, 4.69) is 5.43 Å². The minimum atomic E-state index is -4.39. The lowest BCUT2D eigenvalue weighted by atomic mass is 9.98. The normalized spacial score (nSPS) is 13.2. The van der Waals surface area contributed by atoms with Gasteiger partial charge in [-0.1, -0.05) is 30.3 Å². The molecule has 0 spiro atoms. The number of alkyl halides is 3. The summed E-state index contributed by atoms with van der Waals surface area (Å²) in [6, 6.07) is 10.3. The van der Waals surface area contributed by atoms with Crippen LogP contribution in [0.1, 0.15) is 22.7 Å². The second-order valence-electron chi connectivity index (χ2n) is 4.68. The highest BCUT2D eigenvalue weighted by Gasteiger charge is 2.30. The van der Waals surface area contributed by atoms with Crippen LogP contribution in [0.4, 0.5) is 17.6 Å². The molecular weight excluding hydrogens is 284 g/mol. The summed E-state index contributed by atoms with van der Waals surface area (Å²) in [5.74, 6) is 5.01. The third-order valence-electron chi connectivity index (χ3n) is 3.15. The molecule has 2 aromatic rings. The van der Waals surface area contributed by atoms with E-state index in [0.29, 0.717) is 11.1 Å². The summed E-state index contributed by atoms with van der Waals surface area (Å²) in [5, 5.41) is 0. The van der Waals surface area contributed by atoms with Gasteiger partial charge in [0.1, 0.15) is 5.82 Å². The highest BCUT2D eigenvalue weighted by atomic mass is 19.4. The summed E-state index contributed by atoms with van der Waals surface area (Å²) >= 11 is 0. The molecule has 21 heavy (non-hydrogen) atoms. The van der Waals surface area contributed by atoms with Crippen LogP contribution < -0.4 is 11.3 Å². The molecule has 0 aromatic heterocycles. The summed E-state index contributed by atoms with van der Waals surface area (Å²) in [7, 11) is 0. The van der Waals surface area contributed by atoms with Gasteiger partial charge in [0.05, 0.1) is 11.6 Å². The first-order valence-electron chi connectivity index (χ1n) is 6.28. The molecule has 6 heteroatoms. The predicted molar refractivity (Wildman–Crippen MR) is 71.6 cm³/mol. The first kappa shape index (κ1) is 15.5. The van der Waals surface area contributed by atoms with Crippen molar-refractivity contribution >= 4 is 0 Å². The zero-order valence-electron chi connectivity index (χ0n) is 11.0. The van der Waals surface area contributed by atoms with Gasteiger partial charge in [-0.25, -0.2) is 4.39 Å². The molecule has 1 unspecified atom stereocenters. The molecular formula is C15H14F4N2. The Kier molecular flexibility index (Phi) is 4.59. The van der Waals surface area contributed by atoms with Crippen LogP contribution in [0.3, 0.4) is 0 Å². The molecule has 0 saturated carbocycles. The van der Waals surface area contributed by atoms with Crippen molar-refractivity contribution in [2.75, 3.05) is 0 Å². The van der Waals surface area contributed by atoms with Crippen molar-refractivity contribution in [1.82, 2.24) is 5.43 Å². The standard InChI is InChI=1S/C15H14F4N2/c16-13-6-2-4-11(9-13)14(21-20)8-10-3-1-5-12(7-10)15(17,18)19/h1-7,9,14,21H,8,20H2. The number of rotatable bonds is 4. The zero-order chi connectivity index (χ0) is 15.5. The lowest BCUT2D eigenvalue weighted by molar-refractivity contribution is -0.137. The van der Waals surface area contributed by atoms with E-state index < -0.39 is 23.6 Å². The Hall–Kier alpha value is -1.92. The minimum Gasteiger partial charge on any atom is -0.271 e. The number of hydrogen-bond acceptors (Lipinski definition) is 2. The van der Waals surface area contributed by atoms with E-state index in [1.807, 2.05) is 0 Å². The molecule has 112 valence electrons. The first-order chi connectivity index (χ1) is 9.90. The van der Waals surface area contributed by atoms with Crippen LogP contribution >= 0.6 is 0 Å². The van der Waals surface area contributed by atoms with Gasteiger partial charge >= 0.3 is 6.18 Å². The van der Waals surface area contributed by atoms with Gasteiger partial charge in [-0.2, -0.15) is 13.2 Å². The smallest absolute Gasteiger partial charge is 0.271 e. The largest absolute Gasteiger partial charge is 0.416 e. The van der Waals surface area contributed by atoms with Crippen molar-refractivity contribution in [1.29, 1.82) is 0 Å². The van der Waals surface area contributed by atoms with E-state index in [1.165, 1.54) is 24.3 Å². The fourth-order valence-corrected chi connectivity index (χ4v) is 2.11. The van der Waals surface area contributed by atoms with E-state index in [1.54, 1.807) is 12.1 Å². The fourth-order valence-electron chi connectivity index (χ4n) is 2.11. The van der Waals surface area contributed by atoms with Gasteiger partial charge in [-0.15, -0.1) is 0 Å². The summed E-state index contributed by atoms with van der Waals surface area (Å²) in [6.45, 7) is 0. The molecule has 2 rings (SSSR count). The highest BCUT2D eigenvalue weighted by molar-refractivity contribution is 5.28. The Morgan fingerprint density at radius 3 is 2.38 bits per heavy atom. The fraction of sp³-hybridized carbons (Fsp3) is 0.200. The molecule has 2 aromatic carbocycles. The van der Waals surface area contributed by atoms with E-state index in [0.717, 1.165) is 12.1 Å². The van der Waals surface area contributed by atoms with E-state index >= 15 is 0 Å². The second-order valence-corrected chi connectivity index (χ2v) is 4.68. The Labute approximate surface area is 119 Å². The predicted octanol–water partition coefficient (Wildman–Crippen LogP) is 3.59. The maximum Gasteiger partial charge on any atom is 0.416 e. The van der Waals surface area contributed by atoms with Crippen molar-refractivity contribution in [2.45, 2.75) is 18.6 Å². The van der Waals surface area contributed by atoms with Gasteiger partial charge in [-0.3, -0.25) is 11.3 Å². The van der Waals surface area contributed by atoms with E-state index in [9.17, 15) is 17.6 Å².